The minimum Gasteiger partial charge on any atom is -0.480 e. The monoisotopic (exact) mass is 573 g/mol. The summed E-state index contributed by atoms with van der Waals surface area (Å²) in [4.78, 5) is 76.4. The Balaban J connectivity index is 1.21. The molecule has 11 heteroatoms. The number of carboxylic acids is 1. The fraction of sp³-hybridized carbons (Fsp3) is 0.733. The average Bonchev–Trinajstić information content (AvgIpc) is 3.43. The number of esters is 1. The van der Waals surface area contributed by atoms with Crippen LogP contribution < -0.4 is 0 Å². The van der Waals surface area contributed by atoms with E-state index in [2.05, 4.69) is 6.92 Å². The van der Waals surface area contributed by atoms with Crippen LogP contribution in [0.2, 0.25) is 0 Å². The van der Waals surface area contributed by atoms with Crippen LogP contribution in [0, 0.1) is 28.6 Å². The molecule has 41 heavy (non-hydrogen) atoms. The van der Waals surface area contributed by atoms with Crippen molar-refractivity contribution in [3.63, 3.8) is 0 Å². The lowest BCUT2D eigenvalue weighted by molar-refractivity contribution is -0.174. The summed E-state index contributed by atoms with van der Waals surface area (Å²) in [5, 5.41) is 30.7. The molecule has 0 aromatic rings. The normalized spacial score (nSPS) is 39.9. The van der Waals surface area contributed by atoms with Crippen molar-refractivity contribution in [1.82, 2.24) is 4.90 Å². The molecule has 0 bridgehead atoms. The van der Waals surface area contributed by atoms with Crippen LogP contribution in [0.25, 0.3) is 0 Å². The molecule has 1 saturated heterocycles. The number of ketones is 3. The van der Waals surface area contributed by atoms with E-state index in [9.17, 15) is 44.1 Å². The maximum Gasteiger partial charge on any atom is 0.326 e. The first-order valence-electron chi connectivity index (χ1n) is 14.6. The topological polar surface area (TPSA) is 176 Å². The second kappa shape index (κ2) is 10.4. The highest BCUT2D eigenvalue weighted by atomic mass is 16.5. The number of carbonyl (C=O) groups excluding carboxylic acids is 5. The quantitative estimate of drug-likeness (QED) is 0.377. The van der Waals surface area contributed by atoms with Crippen molar-refractivity contribution in [2.24, 2.45) is 28.6 Å². The van der Waals surface area contributed by atoms with E-state index in [1.807, 2.05) is 0 Å². The van der Waals surface area contributed by atoms with Crippen molar-refractivity contribution < 1.29 is 48.8 Å². The molecule has 0 aromatic heterocycles. The van der Waals surface area contributed by atoms with Crippen molar-refractivity contribution in [3.05, 3.63) is 11.6 Å². The number of carbonyl (C=O) groups is 6. The summed E-state index contributed by atoms with van der Waals surface area (Å²) in [5.41, 5.74) is -2.19. The number of rotatable bonds is 7. The summed E-state index contributed by atoms with van der Waals surface area (Å²) in [7, 11) is 0. The number of β-amino-alcohol motifs (C(OH)–C–C–N with tert-alkyl or cyclic N) is 1. The number of allylic oxidation sites excluding steroid dienone is 1. The predicted molar refractivity (Wildman–Crippen MR) is 141 cm³/mol. The van der Waals surface area contributed by atoms with Gasteiger partial charge in [-0.25, -0.2) is 4.79 Å². The van der Waals surface area contributed by atoms with Crippen molar-refractivity contribution in [1.29, 1.82) is 0 Å². The minimum absolute atomic E-state index is 0.00604. The zero-order valence-electron chi connectivity index (χ0n) is 23.6. The predicted octanol–water partition coefficient (Wildman–Crippen LogP) is 1.37. The molecule has 3 N–H and O–H groups in total. The van der Waals surface area contributed by atoms with E-state index in [1.54, 1.807) is 13.0 Å². The number of Topliss-reactive ketones (excluding diaryl/α,β-unsaturated/α-hetero) is 2. The number of amides is 1. The fourth-order valence-electron chi connectivity index (χ4n) is 8.86. The molecular formula is C30H39NO10. The highest BCUT2D eigenvalue weighted by molar-refractivity contribution is 5.95. The molecule has 1 aliphatic heterocycles. The summed E-state index contributed by atoms with van der Waals surface area (Å²) in [6, 6.07) is -1.16. The van der Waals surface area contributed by atoms with Crippen LogP contribution in [0.15, 0.2) is 11.6 Å². The summed E-state index contributed by atoms with van der Waals surface area (Å²) < 4.78 is 5.14. The molecule has 0 aromatic carbocycles. The number of aliphatic hydroxyl groups is 2. The Morgan fingerprint density at radius 2 is 1.80 bits per heavy atom. The zero-order chi connectivity index (χ0) is 29.9. The van der Waals surface area contributed by atoms with Crippen LogP contribution in [0.1, 0.15) is 78.1 Å². The van der Waals surface area contributed by atoms with Crippen LogP contribution in [0.5, 0.6) is 0 Å². The molecule has 4 fully saturated rings. The first-order chi connectivity index (χ1) is 19.2. The fourth-order valence-corrected chi connectivity index (χ4v) is 8.86. The first-order valence-corrected chi connectivity index (χ1v) is 14.6. The van der Waals surface area contributed by atoms with E-state index in [4.69, 9.17) is 4.74 Å². The number of ether oxygens (including phenoxy) is 1. The smallest absolute Gasteiger partial charge is 0.326 e. The Bertz CT molecular complexity index is 1230. The van der Waals surface area contributed by atoms with Gasteiger partial charge in [0.15, 0.2) is 12.4 Å². The van der Waals surface area contributed by atoms with E-state index in [0.29, 0.717) is 19.3 Å². The van der Waals surface area contributed by atoms with Crippen molar-refractivity contribution in [3.8, 4) is 0 Å². The summed E-state index contributed by atoms with van der Waals surface area (Å²) in [6.45, 7) is 3.04. The minimum atomic E-state index is -1.84. The molecular weight excluding hydrogens is 534 g/mol. The van der Waals surface area contributed by atoms with Gasteiger partial charge in [-0.1, -0.05) is 19.4 Å². The highest BCUT2D eigenvalue weighted by Crippen LogP contribution is 2.66. The van der Waals surface area contributed by atoms with E-state index < -0.39 is 53.4 Å². The SMILES string of the molecule is C[C@]12CCC(=O)C=C1CC[C@@H]1[C@@H]2C(=O)C[C@@]2(C)[C@H]1CC[C@]2(O)C(=O)COC(=O)CCC(=O)N1C[C@@H](O)C[C@@H]1C(=O)O. The van der Waals surface area contributed by atoms with Crippen LogP contribution in [0.4, 0.5) is 0 Å². The van der Waals surface area contributed by atoms with E-state index in [0.717, 1.165) is 23.3 Å². The Kier molecular flexibility index (Phi) is 7.51. The van der Waals surface area contributed by atoms with Gasteiger partial charge in [-0.05, 0) is 55.4 Å². The average molecular weight is 574 g/mol. The molecule has 0 unspecified atom stereocenters. The highest BCUT2D eigenvalue weighted by Gasteiger charge is 2.68. The lowest BCUT2D eigenvalue weighted by Crippen LogP contribution is -2.61. The number of aliphatic carboxylic acids is 1. The van der Waals surface area contributed by atoms with E-state index >= 15 is 0 Å². The van der Waals surface area contributed by atoms with Gasteiger partial charge in [0.2, 0.25) is 11.7 Å². The van der Waals surface area contributed by atoms with Gasteiger partial charge < -0.3 is 25.0 Å². The molecule has 11 nitrogen and oxygen atoms in total. The second-order valence-electron chi connectivity index (χ2n) is 13.2. The van der Waals surface area contributed by atoms with Crippen LogP contribution in [-0.2, 0) is 33.5 Å². The van der Waals surface area contributed by atoms with Crippen LogP contribution in [-0.4, -0.2) is 86.3 Å². The number of nitrogens with zero attached hydrogens (tertiary/aromatic N) is 1. The largest absolute Gasteiger partial charge is 0.480 e. The van der Waals surface area contributed by atoms with Gasteiger partial charge in [-0.3, -0.25) is 24.0 Å². The third kappa shape index (κ3) is 4.74. The molecule has 5 rings (SSSR count). The number of hydrogen-bond acceptors (Lipinski definition) is 9. The summed E-state index contributed by atoms with van der Waals surface area (Å²) >= 11 is 0. The van der Waals surface area contributed by atoms with Crippen LogP contribution >= 0.6 is 0 Å². The summed E-state index contributed by atoms with van der Waals surface area (Å²) in [6.07, 6.45) is 3.19. The molecule has 0 spiro atoms. The van der Waals surface area contributed by atoms with Gasteiger partial charge in [-0.2, -0.15) is 0 Å². The van der Waals surface area contributed by atoms with Crippen molar-refractivity contribution in [2.75, 3.05) is 13.2 Å². The summed E-state index contributed by atoms with van der Waals surface area (Å²) in [5.74, 6) is -3.58. The number of carboxylic acid groups (broad SMARTS) is 1. The van der Waals surface area contributed by atoms with Gasteiger partial charge >= 0.3 is 11.9 Å². The van der Waals surface area contributed by atoms with Crippen molar-refractivity contribution >= 4 is 35.2 Å². The Hall–Kier alpha value is -2.92. The molecule has 8 atom stereocenters. The first kappa shape index (κ1) is 29.6. The molecule has 1 amide bonds. The van der Waals surface area contributed by atoms with E-state index in [1.165, 1.54) is 0 Å². The maximum atomic E-state index is 13.7. The Morgan fingerprint density at radius 1 is 1.07 bits per heavy atom. The molecule has 1 heterocycles. The molecule has 0 radical (unpaired) electrons. The van der Waals surface area contributed by atoms with Gasteiger partial charge in [-0.15, -0.1) is 0 Å². The lowest BCUT2D eigenvalue weighted by atomic mass is 9.46. The van der Waals surface area contributed by atoms with E-state index in [-0.39, 0.29) is 73.4 Å². The van der Waals surface area contributed by atoms with Crippen LogP contribution in [0.3, 0.4) is 0 Å². The van der Waals surface area contributed by atoms with Gasteiger partial charge in [0.05, 0.1) is 12.5 Å². The lowest BCUT2D eigenvalue weighted by Gasteiger charge is -2.57. The molecule has 224 valence electrons. The molecule has 3 saturated carbocycles. The Labute approximate surface area is 238 Å². The number of likely N-dealkylation sites (tertiary alicyclic amines) is 1. The van der Waals surface area contributed by atoms with Gasteiger partial charge in [0.25, 0.3) is 0 Å². The number of fused-ring (bicyclic) bond motifs is 5. The standard InChI is InChI=1S/C30H39NO10/c1-28-9-7-17(32)11-16(28)3-4-19-20-8-10-30(40,29(20,2)13-22(34)26(19)28)23(35)15-41-25(37)6-5-24(36)31-14-18(33)12-21(31)27(38)39/h11,18-21,26,33,40H,3-10,12-15H2,1-2H3,(H,38,39)/t18-,19-,20-,21+,26+,28-,29-,30-/m0/s1. The number of hydrogen-bond donors (Lipinski definition) is 3. The molecule has 5 aliphatic rings. The van der Waals surface area contributed by atoms with Gasteiger partial charge in [0.1, 0.15) is 17.4 Å². The maximum absolute atomic E-state index is 13.7. The van der Waals surface area contributed by atoms with Gasteiger partial charge in [0, 0.05) is 43.6 Å². The molecule has 4 aliphatic carbocycles. The van der Waals surface area contributed by atoms with Crippen molar-refractivity contribution in [2.45, 2.75) is 95.8 Å². The second-order valence-corrected chi connectivity index (χ2v) is 13.2. The number of aliphatic hydroxyl groups excluding tert-OH is 1. The Morgan fingerprint density at radius 3 is 2.51 bits per heavy atom. The third-order valence-electron chi connectivity index (χ3n) is 11.1. The third-order valence-corrected chi connectivity index (χ3v) is 11.1. The zero-order valence-corrected chi connectivity index (χ0v) is 23.6.